The summed E-state index contributed by atoms with van der Waals surface area (Å²) in [6.07, 6.45) is 3.59. The molecule has 0 aliphatic rings. The second kappa shape index (κ2) is 6.34. The number of nitrogens with two attached hydrogens (primary N) is 1. The lowest BCUT2D eigenvalue weighted by molar-refractivity contribution is 0.787. The summed E-state index contributed by atoms with van der Waals surface area (Å²) in [4.78, 5) is 4.03. The molecule has 1 aromatic carbocycles. The lowest BCUT2D eigenvalue weighted by atomic mass is 10.0. The highest BCUT2D eigenvalue weighted by atomic mass is 14.9. The molecule has 3 heteroatoms. The zero-order valence-corrected chi connectivity index (χ0v) is 11.5. The number of anilines is 1. The first kappa shape index (κ1) is 13.6. The van der Waals surface area contributed by atoms with Gasteiger partial charge in [-0.2, -0.15) is 0 Å². The molecule has 0 aliphatic heterocycles. The van der Waals surface area contributed by atoms with Gasteiger partial charge in [-0.25, -0.2) is 0 Å². The molecule has 3 N–H and O–H groups in total. The van der Waals surface area contributed by atoms with Crippen molar-refractivity contribution < 1.29 is 0 Å². The molecule has 1 heterocycles. The number of rotatable bonds is 5. The van der Waals surface area contributed by atoms with Gasteiger partial charge in [0.2, 0.25) is 0 Å². The number of nitrogens with one attached hydrogen (secondary N) is 1. The van der Waals surface area contributed by atoms with Crippen molar-refractivity contribution in [2.45, 2.75) is 25.8 Å². The van der Waals surface area contributed by atoms with Gasteiger partial charge >= 0.3 is 0 Å². The maximum Gasteiger partial charge on any atom is 0.0637 e. The highest BCUT2D eigenvalue weighted by Crippen LogP contribution is 2.21. The Morgan fingerprint density at radius 2 is 1.63 bits per heavy atom. The fourth-order valence-electron chi connectivity index (χ4n) is 2.04. The predicted molar refractivity (Wildman–Crippen MR) is 80.2 cm³/mol. The van der Waals surface area contributed by atoms with Gasteiger partial charge in [0, 0.05) is 24.6 Å². The van der Waals surface area contributed by atoms with Crippen molar-refractivity contribution in [2.24, 2.45) is 5.73 Å². The molecule has 2 aromatic rings. The van der Waals surface area contributed by atoms with Crippen molar-refractivity contribution in [1.82, 2.24) is 4.98 Å². The molecular formula is C16H21N3. The summed E-state index contributed by atoms with van der Waals surface area (Å²) in [6, 6.07) is 12.6. The maximum atomic E-state index is 5.85. The van der Waals surface area contributed by atoms with Gasteiger partial charge < -0.3 is 11.1 Å². The SMILES string of the molecule is CC(C)c1ccc(NC(CN)c2ccncc2)cc1. The Labute approximate surface area is 114 Å². The summed E-state index contributed by atoms with van der Waals surface area (Å²) in [6.45, 7) is 4.94. The van der Waals surface area contributed by atoms with Crippen LogP contribution in [-0.2, 0) is 0 Å². The van der Waals surface area contributed by atoms with E-state index in [0.717, 1.165) is 11.3 Å². The molecule has 0 bridgehead atoms. The minimum absolute atomic E-state index is 0.118. The lowest BCUT2D eigenvalue weighted by Gasteiger charge is -2.19. The first-order valence-corrected chi connectivity index (χ1v) is 6.67. The normalized spacial score (nSPS) is 12.4. The number of aromatic nitrogens is 1. The Morgan fingerprint density at radius 3 is 2.16 bits per heavy atom. The minimum atomic E-state index is 0.118. The molecule has 0 saturated heterocycles. The average Bonchev–Trinajstić information content (AvgIpc) is 2.46. The van der Waals surface area contributed by atoms with Crippen LogP contribution in [0.25, 0.3) is 0 Å². The molecule has 3 nitrogen and oxygen atoms in total. The summed E-state index contributed by atoms with van der Waals surface area (Å²) in [5.41, 5.74) is 9.45. The van der Waals surface area contributed by atoms with Crippen LogP contribution in [0.3, 0.4) is 0 Å². The smallest absolute Gasteiger partial charge is 0.0637 e. The van der Waals surface area contributed by atoms with Crippen molar-refractivity contribution in [3.05, 3.63) is 59.9 Å². The van der Waals surface area contributed by atoms with Crippen LogP contribution in [0.15, 0.2) is 48.8 Å². The molecule has 0 saturated carbocycles. The first-order chi connectivity index (χ1) is 9.20. The number of hydrogen-bond acceptors (Lipinski definition) is 3. The lowest BCUT2D eigenvalue weighted by Crippen LogP contribution is -2.20. The van der Waals surface area contributed by atoms with Crippen LogP contribution in [0.5, 0.6) is 0 Å². The molecule has 100 valence electrons. The van der Waals surface area contributed by atoms with Gasteiger partial charge in [0.15, 0.2) is 0 Å². The van der Waals surface area contributed by atoms with Gasteiger partial charge in [0.1, 0.15) is 0 Å². The van der Waals surface area contributed by atoms with Crippen molar-refractivity contribution >= 4 is 5.69 Å². The van der Waals surface area contributed by atoms with Gasteiger partial charge in [-0.3, -0.25) is 4.98 Å². The van der Waals surface area contributed by atoms with Crippen LogP contribution in [0.2, 0.25) is 0 Å². The average molecular weight is 255 g/mol. The molecule has 1 atom stereocenters. The van der Waals surface area contributed by atoms with E-state index in [0.29, 0.717) is 12.5 Å². The van der Waals surface area contributed by atoms with Crippen molar-refractivity contribution in [1.29, 1.82) is 0 Å². The quantitative estimate of drug-likeness (QED) is 0.861. The van der Waals surface area contributed by atoms with E-state index in [4.69, 9.17) is 5.73 Å². The van der Waals surface area contributed by atoms with Crippen LogP contribution >= 0.6 is 0 Å². The second-order valence-electron chi connectivity index (χ2n) is 4.99. The molecule has 0 spiro atoms. The van der Waals surface area contributed by atoms with E-state index in [1.807, 2.05) is 12.1 Å². The Kier molecular flexibility index (Phi) is 4.53. The molecule has 1 unspecified atom stereocenters. The number of nitrogens with zero attached hydrogens (tertiary/aromatic N) is 1. The Morgan fingerprint density at radius 1 is 1.00 bits per heavy atom. The summed E-state index contributed by atoms with van der Waals surface area (Å²) in [5, 5.41) is 3.46. The molecule has 0 radical (unpaired) electrons. The van der Waals surface area contributed by atoms with E-state index in [2.05, 4.69) is 48.4 Å². The predicted octanol–water partition coefficient (Wildman–Crippen LogP) is 3.32. The van der Waals surface area contributed by atoms with E-state index in [-0.39, 0.29) is 6.04 Å². The van der Waals surface area contributed by atoms with E-state index < -0.39 is 0 Å². The van der Waals surface area contributed by atoms with Gasteiger partial charge in [0.25, 0.3) is 0 Å². The third kappa shape index (κ3) is 3.55. The van der Waals surface area contributed by atoms with E-state index >= 15 is 0 Å². The standard InChI is InChI=1S/C16H21N3/c1-12(2)13-3-5-15(6-4-13)19-16(11-17)14-7-9-18-10-8-14/h3-10,12,16,19H,11,17H2,1-2H3. The van der Waals surface area contributed by atoms with Gasteiger partial charge in [-0.1, -0.05) is 26.0 Å². The highest BCUT2D eigenvalue weighted by molar-refractivity contribution is 5.47. The Bertz CT molecular complexity index is 491. The third-order valence-electron chi connectivity index (χ3n) is 3.26. The summed E-state index contributed by atoms with van der Waals surface area (Å²) >= 11 is 0. The fraction of sp³-hybridized carbons (Fsp3) is 0.312. The van der Waals surface area contributed by atoms with Gasteiger partial charge in [0.05, 0.1) is 6.04 Å². The van der Waals surface area contributed by atoms with E-state index in [1.165, 1.54) is 5.56 Å². The molecule has 19 heavy (non-hydrogen) atoms. The van der Waals surface area contributed by atoms with Gasteiger partial charge in [-0.05, 0) is 41.3 Å². The molecule has 2 rings (SSSR count). The molecule has 0 aliphatic carbocycles. The Hall–Kier alpha value is -1.87. The van der Waals surface area contributed by atoms with Crippen LogP contribution in [0, 0.1) is 0 Å². The monoisotopic (exact) mass is 255 g/mol. The third-order valence-corrected chi connectivity index (χ3v) is 3.26. The van der Waals surface area contributed by atoms with Crippen molar-refractivity contribution in [2.75, 3.05) is 11.9 Å². The van der Waals surface area contributed by atoms with Crippen LogP contribution in [-0.4, -0.2) is 11.5 Å². The summed E-state index contributed by atoms with van der Waals surface area (Å²) in [5.74, 6) is 0.555. The van der Waals surface area contributed by atoms with Crippen LogP contribution in [0.1, 0.15) is 36.9 Å². The largest absolute Gasteiger partial charge is 0.377 e. The highest BCUT2D eigenvalue weighted by Gasteiger charge is 2.09. The first-order valence-electron chi connectivity index (χ1n) is 6.67. The van der Waals surface area contributed by atoms with Gasteiger partial charge in [-0.15, -0.1) is 0 Å². The summed E-state index contributed by atoms with van der Waals surface area (Å²) < 4.78 is 0. The topological polar surface area (TPSA) is 50.9 Å². The molecule has 0 amide bonds. The number of benzene rings is 1. The molecule has 1 aromatic heterocycles. The maximum absolute atomic E-state index is 5.85. The Balaban J connectivity index is 2.10. The number of pyridine rings is 1. The van der Waals surface area contributed by atoms with Crippen LogP contribution < -0.4 is 11.1 Å². The van der Waals surface area contributed by atoms with E-state index in [9.17, 15) is 0 Å². The van der Waals surface area contributed by atoms with Crippen molar-refractivity contribution in [3.8, 4) is 0 Å². The minimum Gasteiger partial charge on any atom is -0.377 e. The summed E-state index contributed by atoms with van der Waals surface area (Å²) in [7, 11) is 0. The zero-order chi connectivity index (χ0) is 13.7. The molecular weight excluding hydrogens is 234 g/mol. The fourth-order valence-corrected chi connectivity index (χ4v) is 2.04. The van der Waals surface area contributed by atoms with E-state index in [1.54, 1.807) is 12.4 Å². The van der Waals surface area contributed by atoms with Crippen molar-refractivity contribution in [3.63, 3.8) is 0 Å². The molecule has 0 fully saturated rings. The zero-order valence-electron chi connectivity index (χ0n) is 11.5. The second-order valence-corrected chi connectivity index (χ2v) is 4.99. The van der Waals surface area contributed by atoms with Crippen LogP contribution in [0.4, 0.5) is 5.69 Å². The number of hydrogen-bond donors (Lipinski definition) is 2.